The summed E-state index contributed by atoms with van der Waals surface area (Å²) in [4.78, 5) is 4.18. The molecular weight excluding hydrogens is 226 g/mol. The molecule has 0 fully saturated rings. The Hall–Kier alpha value is -1.51. The third-order valence-corrected chi connectivity index (χ3v) is 2.26. The van der Waals surface area contributed by atoms with Gasteiger partial charge in [-0.15, -0.1) is 0 Å². The smallest absolute Gasteiger partial charge is 0.213 e. The second-order valence-electron chi connectivity index (χ2n) is 5.50. The summed E-state index contributed by atoms with van der Waals surface area (Å²) in [5.41, 5.74) is 1.49. The van der Waals surface area contributed by atoms with Crippen LogP contribution in [0.5, 0.6) is 5.88 Å². The van der Waals surface area contributed by atoms with Crippen LogP contribution in [0, 0.1) is 5.41 Å². The number of pyridine rings is 1. The standard InChI is InChI=1S/C15H23NO2/c1-6-17-12(2)11-18-14-9-13(7-8-16-14)10-15(3,4)5/h7-9H,2,6,10-11H2,1,3-5H3. The van der Waals surface area contributed by atoms with Crippen molar-refractivity contribution in [2.45, 2.75) is 34.1 Å². The number of hydrogen-bond acceptors (Lipinski definition) is 3. The molecule has 0 atom stereocenters. The molecule has 1 rings (SSSR count). The third kappa shape index (κ3) is 5.71. The van der Waals surface area contributed by atoms with E-state index in [1.54, 1.807) is 6.20 Å². The molecule has 0 unspecified atom stereocenters. The van der Waals surface area contributed by atoms with E-state index in [1.165, 1.54) is 5.56 Å². The molecule has 3 heteroatoms. The maximum absolute atomic E-state index is 5.54. The van der Waals surface area contributed by atoms with Crippen LogP contribution in [0.3, 0.4) is 0 Å². The first-order chi connectivity index (χ1) is 8.40. The lowest BCUT2D eigenvalue weighted by atomic mass is 9.88. The Labute approximate surface area is 110 Å². The van der Waals surface area contributed by atoms with Crippen LogP contribution < -0.4 is 4.74 Å². The van der Waals surface area contributed by atoms with Crippen LogP contribution >= 0.6 is 0 Å². The zero-order valence-corrected chi connectivity index (χ0v) is 11.8. The second kappa shape index (κ2) is 6.43. The minimum Gasteiger partial charge on any atom is -0.495 e. The van der Waals surface area contributed by atoms with Gasteiger partial charge in [-0.05, 0) is 30.4 Å². The quantitative estimate of drug-likeness (QED) is 0.722. The van der Waals surface area contributed by atoms with Crippen LogP contribution in [0.1, 0.15) is 33.3 Å². The first-order valence-corrected chi connectivity index (χ1v) is 6.29. The first kappa shape index (κ1) is 14.6. The van der Waals surface area contributed by atoms with Gasteiger partial charge in [-0.25, -0.2) is 4.98 Å². The predicted octanol–water partition coefficient (Wildman–Crippen LogP) is 3.60. The number of aromatic nitrogens is 1. The third-order valence-electron chi connectivity index (χ3n) is 2.26. The van der Waals surface area contributed by atoms with Gasteiger partial charge in [0.1, 0.15) is 12.4 Å². The highest BCUT2D eigenvalue weighted by Gasteiger charge is 2.12. The van der Waals surface area contributed by atoms with Crippen LogP contribution in [0.15, 0.2) is 30.7 Å². The molecule has 0 saturated heterocycles. The van der Waals surface area contributed by atoms with Gasteiger partial charge in [-0.1, -0.05) is 27.4 Å². The minimum atomic E-state index is 0.257. The Morgan fingerprint density at radius 3 is 2.72 bits per heavy atom. The average Bonchev–Trinajstić information content (AvgIpc) is 2.25. The summed E-state index contributed by atoms with van der Waals surface area (Å²) in [5.74, 6) is 1.25. The van der Waals surface area contributed by atoms with Crippen LogP contribution in [0.4, 0.5) is 0 Å². The average molecular weight is 249 g/mol. The van der Waals surface area contributed by atoms with Crippen molar-refractivity contribution in [2.24, 2.45) is 5.41 Å². The van der Waals surface area contributed by atoms with E-state index < -0.39 is 0 Å². The molecule has 0 aliphatic heterocycles. The monoisotopic (exact) mass is 249 g/mol. The van der Waals surface area contributed by atoms with E-state index in [-0.39, 0.29) is 5.41 Å². The summed E-state index contributed by atoms with van der Waals surface area (Å²) in [7, 11) is 0. The lowest BCUT2D eigenvalue weighted by Crippen LogP contribution is -2.10. The Bertz CT molecular complexity index is 394. The molecular formula is C15H23NO2. The lowest BCUT2D eigenvalue weighted by Gasteiger charge is -2.18. The lowest BCUT2D eigenvalue weighted by molar-refractivity contribution is 0.179. The Kier molecular flexibility index (Phi) is 5.20. The number of ether oxygens (including phenoxy) is 2. The van der Waals surface area contributed by atoms with Gasteiger partial charge in [-0.2, -0.15) is 0 Å². The van der Waals surface area contributed by atoms with Crippen LogP contribution in [0.25, 0.3) is 0 Å². The second-order valence-corrected chi connectivity index (χ2v) is 5.50. The molecule has 1 aromatic heterocycles. The fourth-order valence-electron chi connectivity index (χ4n) is 1.65. The molecule has 3 nitrogen and oxygen atoms in total. The summed E-state index contributed by atoms with van der Waals surface area (Å²) in [6.07, 6.45) is 2.78. The van der Waals surface area contributed by atoms with E-state index in [2.05, 4.69) is 32.3 Å². The summed E-state index contributed by atoms with van der Waals surface area (Å²) in [6, 6.07) is 4.00. The molecule has 0 aliphatic rings. The summed E-state index contributed by atoms with van der Waals surface area (Å²) in [5, 5.41) is 0. The van der Waals surface area contributed by atoms with Crippen LogP contribution in [0.2, 0.25) is 0 Å². The summed E-state index contributed by atoms with van der Waals surface area (Å²) < 4.78 is 10.8. The van der Waals surface area contributed by atoms with Gasteiger partial charge in [0, 0.05) is 12.3 Å². The van der Waals surface area contributed by atoms with E-state index in [9.17, 15) is 0 Å². The van der Waals surface area contributed by atoms with E-state index in [1.807, 2.05) is 19.1 Å². The molecule has 0 saturated carbocycles. The molecule has 1 aromatic rings. The highest BCUT2D eigenvalue weighted by molar-refractivity contribution is 5.21. The minimum absolute atomic E-state index is 0.257. The van der Waals surface area contributed by atoms with Gasteiger partial charge in [0.2, 0.25) is 5.88 Å². The number of nitrogens with zero attached hydrogens (tertiary/aromatic N) is 1. The van der Waals surface area contributed by atoms with E-state index in [4.69, 9.17) is 9.47 Å². The Morgan fingerprint density at radius 2 is 2.11 bits per heavy atom. The predicted molar refractivity (Wildman–Crippen MR) is 73.7 cm³/mol. The Morgan fingerprint density at radius 1 is 1.39 bits per heavy atom. The molecule has 0 amide bonds. The van der Waals surface area contributed by atoms with Crippen LogP contribution in [-0.2, 0) is 11.2 Å². The van der Waals surface area contributed by atoms with E-state index in [0.29, 0.717) is 24.9 Å². The maximum Gasteiger partial charge on any atom is 0.213 e. The zero-order valence-electron chi connectivity index (χ0n) is 11.8. The molecule has 1 heterocycles. The maximum atomic E-state index is 5.54. The molecule has 0 aromatic carbocycles. The number of hydrogen-bond donors (Lipinski definition) is 0. The van der Waals surface area contributed by atoms with Crippen LogP contribution in [-0.4, -0.2) is 18.2 Å². The molecule has 0 spiro atoms. The van der Waals surface area contributed by atoms with Crippen molar-refractivity contribution >= 4 is 0 Å². The molecule has 0 bridgehead atoms. The highest BCUT2D eigenvalue weighted by Crippen LogP contribution is 2.22. The van der Waals surface area contributed by atoms with Gasteiger partial charge in [-0.3, -0.25) is 0 Å². The van der Waals surface area contributed by atoms with Crippen molar-refractivity contribution < 1.29 is 9.47 Å². The first-order valence-electron chi connectivity index (χ1n) is 6.29. The van der Waals surface area contributed by atoms with Gasteiger partial charge in [0.15, 0.2) is 0 Å². The van der Waals surface area contributed by atoms with Crippen molar-refractivity contribution in [3.8, 4) is 5.88 Å². The van der Waals surface area contributed by atoms with Crippen molar-refractivity contribution in [1.29, 1.82) is 0 Å². The van der Waals surface area contributed by atoms with Gasteiger partial charge in [0.25, 0.3) is 0 Å². The van der Waals surface area contributed by atoms with E-state index in [0.717, 1.165) is 6.42 Å². The molecule has 0 aliphatic carbocycles. The molecule has 18 heavy (non-hydrogen) atoms. The van der Waals surface area contributed by atoms with E-state index >= 15 is 0 Å². The normalized spacial score (nSPS) is 11.1. The SMILES string of the molecule is C=C(COc1cc(CC(C)(C)C)ccn1)OCC. The van der Waals surface area contributed by atoms with Crippen molar-refractivity contribution in [1.82, 2.24) is 4.98 Å². The van der Waals surface area contributed by atoms with Crippen molar-refractivity contribution in [3.63, 3.8) is 0 Å². The zero-order chi connectivity index (χ0) is 13.6. The molecule has 100 valence electrons. The van der Waals surface area contributed by atoms with Gasteiger partial charge >= 0.3 is 0 Å². The highest BCUT2D eigenvalue weighted by atomic mass is 16.5. The summed E-state index contributed by atoms with van der Waals surface area (Å²) in [6.45, 7) is 13.3. The largest absolute Gasteiger partial charge is 0.495 e. The number of rotatable bonds is 6. The fraction of sp³-hybridized carbons (Fsp3) is 0.533. The van der Waals surface area contributed by atoms with Gasteiger partial charge in [0.05, 0.1) is 6.61 Å². The van der Waals surface area contributed by atoms with Crippen molar-refractivity contribution in [3.05, 3.63) is 36.2 Å². The summed E-state index contributed by atoms with van der Waals surface area (Å²) >= 11 is 0. The van der Waals surface area contributed by atoms with Gasteiger partial charge < -0.3 is 9.47 Å². The fourth-order valence-corrected chi connectivity index (χ4v) is 1.65. The van der Waals surface area contributed by atoms with Crippen molar-refractivity contribution in [2.75, 3.05) is 13.2 Å². The topological polar surface area (TPSA) is 31.4 Å². The molecule has 0 N–H and O–H groups in total. The molecule has 0 radical (unpaired) electrons. The Balaban J connectivity index is 2.57.